The summed E-state index contributed by atoms with van der Waals surface area (Å²) in [5, 5.41) is 12.9. The number of alkyl halides is 1. The monoisotopic (exact) mass is 545 g/mol. The van der Waals surface area contributed by atoms with Gasteiger partial charge >= 0.3 is 13.7 Å². The van der Waals surface area contributed by atoms with Crippen LogP contribution in [0.15, 0.2) is 41.3 Å². The Kier molecular flexibility index (Phi) is 9.20. The number of aromatic nitrogens is 2. The van der Waals surface area contributed by atoms with Gasteiger partial charge in [-0.15, -0.1) is 0 Å². The number of ether oxygens (including phenoxy) is 2. The van der Waals surface area contributed by atoms with Gasteiger partial charge in [-0.1, -0.05) is 18.2 Å². The zero-order chi connectivity index (χ0) is 26.6. The molecule has 1 aliphatic rings. The fourth-order valence-electron chi connectivity index (χ4n) is 3.35. The second kappa shape index (κ2) is 11.8. The van der Waals surface area contributed by atoms with Crippen molar-refractivity contribution in [1.29, 1.82) is 0 Å². The van der Waals surface area contributed by atoms with Crippen molar-refractivity contribution in [2.45, 2.75) is 64.4 Å². The normalized spacial score (nSPS) is 24.3. The lowest BCUT2D eigenvalue weighted by atomic mass is 10.1. The molecule has 0 bridgehead atoms. The highest BCUT2D eigenvalue weighted by Crippen LogP contribution is 2.46. The Hall–Kier alpha value is -2.41. The molecule has 0 radical (unpaired) electrons. The molecular formula is C22H29FN3O8PS. The summed E-state index contributed by atoms with van der Waals surface area (Å²) in [7, 11) is -4.25. The SMILES string of the molecule is Cc1cn([C@H]2OC(COP(=O)(N[C@@H](C)C(=O)OC(C)C)Oc3ccccc3)[C@@H](O)C2F)c(=S)[nH]c1=O. The molecule has 3 unspecified atom stereocenters. The summed E-state index contributed by atoms with van der Waals surface area (Å²) in [5.74, 6) is -0.503. The highest BCUT2D eigenvalue weighted by Gasteiger charge is 2.47. The summed E-state index contributed by atoms with van der Waals surface area (Å²) in [5.41, 5.74) is -0.166. The van der Waals surface area contributed by atoms with Gasteiger partial charge in [-0.05, 0) is 52.0 Å². The van der Waals surface area contributed by atoms with Crippen LogP contribution in [0.3, 0.4) is 0 Å². The van der Waals surface area contributed by atoms with Gasteiger partial charge in [-0.2, -0.15) is 5.09 Å². The number of carbonyl (C=O) groups is 1. The van der Waals surface area contributed by atoms with Crippen molar-refractivity contribution < 1.29 is 37.4 Å². The van der Waals surface area contributed by atoms with E-state index in [4.69, 9.17) is 30.7 Å². The van der Waals surface area contributed by atoms with Gasteiger partial charge in [0.15, 0.2) is 17.2 Å². The van der Waals surface area contributed by atoms with Gasteiger partial charge in [0.2, 0.25) is 0 Å². The van der Waals surface area contributed by atoms with Crippen molar-refractivity contribution in [3.05, 3.63) is 57.2 Å². The third-order valence-corrected chi connectivity index (χ3v) is 7.11. The van der Waals surface area contributed by atoms with E-state index in [1.807, 2.05) is 0 Å². The van der Waals surface area contributed by atoms with Crippen LogP contribution in [0.2, 0.25) is 0 Å². The molecule has 14 heteroatoms. The quantitative estimate of drug-likeness (QED) is 0.232. The maximum Gasteiger partial charge on any atom is 0.459 e. The number of nitrogens with zero attached hydrogens (tertiary/aromatic N) is 1. The van der Waals surface area contributed by atoms with Crippen molar-refractivity contribution in [1.82, 2.24) is 14.6 Å². The molecule has 0 aliphatic carbocycles. The molecule has 2 aromatic rings. The average Bonchev–Trinajstić information content (AvgIpc) is 3.08. The molecule has 0 spiro atoms. The summed E-state index contributed by atoms with van der Waals surface area (Å²) >= 11 is 5.09. The molecule has 1 fully saturated rings. The molecule has 1 aliphatic heterocycles. The number of carbonyl (C=O) groups excluding carboxylic acids is 1. The highest BCUT2D eigenvalue weighted by molar-refractivity contribution is 7.71. The van der Waals surface area contributed by atoms with Crippen LogP contribution in [0.1, 0.15) is 32.6 Å². The van der Waals surface area contributed by atoms with Gasteiger partial charge in [-0.3, -0.25) is 23.7 Å². The van der Waals surface area contributed by atoms with E-state index in [-0.39, 0.29) is 16.1 Å². The molecule has 36 heavy (non-hydrogen) atoms. The summed E-state index contributed by atoms with van der Waals surface area (Å²) in [4.78, 5) is 26.4. The number of aliphatic hydroxyl groups excluding tert-OH is 1. The minimum Gasteiger partial charge on any atom is -0.462 e. The number of para-hydroxylation sites is 1. The smallest absolute Gasteiger partial charge is 0.459 e. The van der Waals surface area contributed by atoms with Crippen molar-refractivity contribution in [2.75, 3.05) is 6.61 Å². The number of halogens is 1. The van der Waals surface area contributed by atoms with Crippen molar-refractivity contribution in [3.63, 3.8) is 0 Å². The maximum atomic E-state index is 15.0. The van der Waals surface area contributed by atoms with Crippen LogP contribution in [-0.2, 0) is 23.4 Å². The van der Waals surface area contributed by atoms with E-state index in [0.717, 1.165) is 0 Å². The number of benzene rings is 1. The van der Waals surface area contributed by atoms with E-state index in [1.54, 1.807) is 32.0 Å². The van der Waals surface area contributed by atoms with E-state index >= 15 is 0 Å². The number of aromatic amines is 1. The lowest BCUT2D eigenvalue weighted by Gasteiger charge is -2.25. The summed E-state index contributed by atoms with van der Waals surface area (Å²) in [6.45, 7) is 5.71. The van der Waals surface area contributed by atoms with Gasteiger partial charge in [0.05, 0.1) is 12.7 Å². The van der Waals surface area contributed by atoms with E-state index in [1.165, 1.54) is 36.7 Å². The number of nitrogens with one attached hydrogen (secondary N) is 2. The van der Waals surface area contributed by atoms with Crippen LogP contribution in [0.4, 0.5) is 4.39 Å². The number of hydrogen-bond donors (Lipinski definition) is 3. The minimum absolute atomic E-state index is 0.0933. The first kappa shape index (κ1) is 28.2. The van der Waals surface area contributed by atoms with Gasteiger partial charge in [-0.25, -0.2) is 8.96 Å². The Morgan fingerprint density at radius 1 is 1.33 bits per heavy atom. The Balaban J connectivity index is 1.77. The van der Waals surface area contributed by atoms with Gasteiger partial charge in [0.1, 0.15) is 24.0 Å². The van der Waals surface area contributed by atoms with E-state index in [9.17, 15) is 23.7 Å². The average molecular weight is 546 g/mol. The summed E-state index contributed by atoms with van der Waals surface area (Å²) < 4.78 is 51.4. The first-order valence-corrected chi connectivity index (χ1v) is 13.1. The molecule has 0 saturated carbocycles. The molecule has 1 aromatic carbocycles. The zero-order valence-corrected chi connectivity index (χ0v) is 21.8. The fourth-order valence-corrected chi connectivity index (χ4v) is 5.10. The van der Waals surface area contributed by atoms with Crippen molar-refractivity contribution in [2.24, 2.45) is 0 Å². The number of rotatable bonds is 10. The molecule has 1 saturated heterocycles. The number of hydrogen-bond acceptors (Lipinski definition) is 9. The van der Waals surface area contributed by atoms with Crippen molar-refractivity contribution in [3.8, 4) is 5.75 Å². The van der Waals surface area contributed by atoms with Crippen LogP contribution in [0, 0.1) is 11.7 Å². The topological polar surface area (TPSA) is 141 Å². The molecule has 3 rings (SSSR count). The third kappa shape index (κ3) is 6.87. The third-order valence-electron chi connectivity index (χ3n) is 5.15. The van der Waals surface area contributed by atoms with E-state index in [2.05, 4.69) is 10.1 Å². The fraction of sp³-hybridized carbons (Fsp3) is 0.500. The molecule has 0 amide bonds. The van der Waals surface area contributed by atoms with Gasteiger partial charge < -0.3 is 19.1 Å². The number of esters is 1. The lowest BCUT2D eigenvalue weighted by molar-refractivity contribution is -0.149. The number of aliphatic hydroxyl groups is 1. The molecule has 11 nitrogen and oxygen atoms in total. The number of aryl methyl sites for hydroxylation is 1. The summed E-state index contributed by atoms with van der Waals surface area (Å²) in [6.07, 6.45) is -5.32. The van der Waals surface area contributed by atoms with Gasteiger partial charge in [0.25, 0.3) is 5.56 Å². The van der Waals surface area contributed by atoms with Gasteiger partial charge in [0, 0.05) is 11.8 Å². The second-order valence-corrected chi connectivity index (χ2v) is 10.6. The first-order valence-electron chi connectivity index (χ1n) is 11.2. The van der Waals surface area contributed by atoms with Crippen LogP contribution in [-0.4, -0.2) is 57.8 Å². The van der Waals surface area contributed by atoms with Crippen LogP contribution < -0.4 is 15.2 Å². The van der Waals surface area contributed by atoms with E-state index < -0.39 is 62.6 Å². The summed E-state index contributed by atoms with van der Waals surface area (Å²) in [6, 6.07) is 7.00. The molecule has 6 atom stereocenters. The zero-order valence-electron chi connectivity index (χ0n) is 20.1. The molecule has 1 aromatic heterocycles. The number of H-pyrrole nitrogens is 1. The Morgan fingerprint density at radius 2 is 2.00 bits per heavy atom. The van der Waals surface area contributed by atoms with Crippen LogP contribution in [0.5, 0.6) is 5.75 Å². The van der Waals surface area contributed by atoms with Crippen LogP contribution >= 0.6 is 20.0 Å². The molecule has 198 valence electrons. The molecule has 2 heterocycles. The predicted molar refractivity (Wildman–Crippen MR) is 130 cm³/mol. The molecule has 3 N–H and O–H groups in total. The molecular weight excluding hydrogens is 516 g/mol. The maximum absolute atomic E-state index is 15.0. The van der Waals surface area contributed by atoms with Crippen molar-refractivity contribution >= 4 is 25.9 Å². The minimum atomic E-state index is -4.25. The Labute approximate surface area is 212 Å². The second-order valence-electron chi connectivity index (χ2n) is 8.51. The largest absolute Gasteiger partial charge is 0.462 e. The lowest BCUT2D eigenvalue weighted by Crippen LogP contribution is -2.37. The van der Waals surface area contributed by atoms with Crippen LogP contribution in [0.25, 0.3) is 0 Å². The highest BCUT2D eigenvalue weighted by atomic mass is 32.1. The first-order chi connectivity index (χ1) is 16.9. The van der Waals surface area contributed by atoms with E-state index in [0.29, 0.717) is 0 Å². The standard InChI is InChI=1S/C22H29FN3O8PS/c1-12(2)32-21(29)14(4)25-35(30,34-15-8-6-5-7-9-15)31-11-16-18(27)17(23)20(33-16)26-10-13(3)19(28)24-22(26)36/h5-10,12,14,16-18,20,27H,11H2,1-4H3,(H,25,30)(H,24,28,36)/t14-,16?,17?,18+,20-,35?/m0/s1. The Morgan fingerprint density at radius 3 is 2.64 bits per heavy atom. The Bertz CT molecular complexity index is 1220. The predicted octanol–water partition coefficient (Wildman–Crippen LogP) is 2.94.